The lowest BCUT2D eigenvalue weighted by molar-refractivity contribution is -0.112. The first-order valence-corrected chi connectivity index (χ1v) is 3.59. The van der Waals surface area contributed by atoms with E-state index < -0.39 is 5.91 Å². The summed E-state index contributed by atoms with van der Waals surface area (Å²) < 4.78 is 0. The summed E-state index contributed by atoms with van der Waals surface area (Å²) >= 11 is 0. The molecule has 0 spiro atoms. The smallest absolute Gasteiger partial charge is 0.280 e. The third-order valence-corrected chi connectivity index (χ3v) is 1.25. The lowest BCUT2D eigenvalue weighted by Gasteiger charge is -2.00. The average molecular weight is 182 g/mol. The van der Waals surface area contributed by atoms with Crippen LogP contribution in [0.25, 0.3) is 0 Å². The van der Waals surface area contributed by atoms with Gasteiger partial charge >= 0.3 is 5.91 Å². The van der Waals surface area contributed by atoms with Crippen molar-refractivity contribution in [2.45, 2.75) is 0 Å². The molecule has 71 valence electrons. The van der Waals surface area contributed by atoms with Gasteiger partial charge in [-0.25, -0.2) is 0 Å². The van der Waals surface area contributed by atoms with E-state index in [0.29, 0.717) is 0 Å². The van der Waals surface area contributed by atoms with Gasteiger partial charge in [0.25, 0.3) is 0 Å². The summed E-state index contributed by atoms with van der Waals surface area (Å²) in [6.45, 7) is 0. The summed E-state index contributed by atoms with van der Waals surface area (Å²) in [6.07, 6.45) is 0. The zero-order chi connectivity index (χ0) is 10.3. The summed E-state index contributed by atoms with van der Waals surface area (Å²) in [5.74, 6) is -0.254. The van der Waals surface area contributed by atoms with E-state index in [9.17, 15) is 4.79 Å². The van der Waals surface area contributed by atoms with Crippen LogP contribution in [-0.4, -0.2) is 45.6 Å². The Kier molecular flexibility index (Phi) is 5.25. The standard InChI is InChI=1S/C7H12N5O/c1-8-5(6(9-2)10-3)7(13)12-11-4/h1-4H3. The van der Waals surface area contributed by atoms with Crippen LogP contribution in [0.1, 0.15) is 0 Å². The molecule has 0 aromatic rings. The molecule has 0 N–H and O–H groups in total. The van der Waals surface area contributed by atoms with Crippen LogP contribution in [0, 0.1) is 0 Å². The molecule has 0 saturated heterocycles. The van der Waals surface area contributed by atoms with E-state index in [-0.39, 0.29) is 11.5 Å². The fourth-order valence-electron chi connectivity index (χ4n) is 0.741. The molecule has 0 aromatic heterocycles. The second kappa shape index (κ2) is 5.99. The average Bonchev–Trinajstić information content (AvgIpc) is 2.14. The van der Waals surface area contributed by atoms with Crippen molar-refractivity contribution in [3.8, 4) is 0 Å². The second-order valence-electron chi connectivity index (χ2n) is 1.95. The van der Waals surface area contributed by atoms with E-state index in [1.807, 2.05) is 0 Å². The number of hydrogen-bond acceptors (Lipinski definition) is 4. The molecule has 0 aromatic carbocycles. The van der Waals surface area contributed by atoms with Crippen LogP contribution in [0.15, 0.2) is 20.2 Å². The van der Waals surface area contributed by atoms with Crippen molar-refractivity contribution in [3.63, 3.8) is 0 Å². The molecule has 13 heavy (non-hydrogen) atoms. The molecule has 6 nitrogen and oxygen atoms in total. The summed E-state index contributed by atoms with van der Waals surface area (Å²) in [6, 6.07) is 0. The van der Waals surface area contributed by atoms with Gasteiger partial charge in [-0.3, -0.25) is 20.1 Å². The zero-order valence-corrected chi connectivity index (χ0v) is 8.14. The molecule has 0 fully saturated rings. The molecule has 0 aliphatic carbocycles. The predicted octanol–water partition coefficient (Wildman–Crippen LogP) is -0.0717. The van der Waals surface area contributed by atoms with Crippen molar-refractivity contribution in [1.82, 2.24) is 5.32 Å². The van der Waals surface area contributed by atoms with Gasteiger partial charge in [0.2, 0.25) is 0 Å². The number of rotatable bonds is 2. The van der Waals surface area contributed by atoms with Crippen molar-refractivity contribution in [3.05, 3.63) is 0 Å². The minimum absolute atomic E-state index is 0.121. The molecule has 0 atom stereocenters. The van der Waals surface area contributed by atoms with Crippen molar-refractivity contribution in [2.24, 2.45) is 20.2 Å². The maximum atomic E-state index is 11.2. The SMILES string of the molecule is C[N]C(=NC)C(=NC)C(=O)N=NC. The highest BCUT2D eigenvalue weighted by atomic mass is 16.1. The largest absolute Gasteiger partial charge is 0.317 e. The molecule has 6 heteroatoms. The van der Waals surface area contributed by atoms with Gasteiger partial charge in [0.15, 0.2) is 11.5 Å². The third kappa shape index (κ3) is 3.10. The molecule has 0 aliphatic heterocycles. The molecular weight excluding hydrogens is 170 g/mol. The number of carbonyl (C=O) groups excluding carboxylic acids is 1. The molecule has 0 rings (SSSR count). The number of nitrogens with zero attached hydrogens (tertiary/aromatic N) is 5. The Morgan fingerprint density at radius 1 is 1.00 bits per heavy atom. The van der Waals surface area contributed by atoms with Gasteiger partial charge < -0.3 is 0 Å². The Hall–Kier alpha value is -1.59. The Morgan fingerprint density at radius 3 is 1.92 bits per heavy atom. The van der Waals surface area contributed by atoms with Crippen LogP contribution in [-0.2, 0) is 4.79 Å². The first kappa shape index (κ1) is 11.4. The first-order chi connectivity index (χ1) is 6.21. The Morgan fingerprint density at radius 2 is 1.62 bits per heavy atom. The van der Waals surface area contributed by atoms with Crippen molar-refractivity contribution >= 4 is 17.5 Å². The van der Waals surface area contributed by atoms with Gasteiger partial charge in [-0.05, 0) is 0 Å². The molecule has 0 aliphatic rings. The van der Waals surface area contributed by atoms with E-state index in [1.165, 1.54) is 28.2 Å². The summed E-state index contributed by atoms with van der Waals surface area (Å²) in [5, 5.41) is 10.5. The fourth-order valence-corrected chi connectivity index (χ4v) is 0.741. The Balaban J connectivity index is 4.82. The molecule has 0 bridgehead atoms. The van der Waals surface area contributed by atoms with Crippen molar-refractivity contribution in [1.29, 1.82) is 0 Å². The first-order valence-electron chi connectivity index (χ1n) is 3.59. The van der Waals surface area contributed by atoms with Gasteiger partial charge in [0.05, 0.1) is 0 Å². The summed E-state index contributed by atoms with van der Waals surface area (Å²) in [5.41, 5.74) is 0.121. The van der Waals surface area contributed by atoms with Crippen LogP contribution in [0.2, 0.25) is 0 Å². The van der Waals surface area contributed by atoms with Crippen molar-refractivity contribution < 1.29 is 4.79 Å². The Bertz CT molecular complexity index is 266. The molecule has 1 radical (unpaired) electrons. The topological polar surface area (TPSA) is 80.6 Å². The minimum Gasteiger partial charge on any atom is -0.280 e. The predicted molar refractivity (Wildman–Crippen MR) is 50.6 cm³/mol. The van der Waals surface area contributed by atoms with Crippen LogP contribution < -0.4 is 5.32 Å². The number of azo groups is 1. The second-order valence-corrected chi connectivity index (χ2v) is 1.95. The highest BCUT2D eigenvalue weighted by Gasteiger charge is 2.15. The van der Waals surface area contributed by atoms with E-state index in [2.05, 4.69) is 25.5 Å². The van der Waals surface area contributed by atoms with Gasteiger partial charge in [-0.15, -0.1) is 5.11 Å². The van der Waals surface area contributed by atoms with Crippen LogP contribution in [0.3, 0.4) is 0 Å². The maximum absolute atomic E-state index is 11.2. The number of hydrogen-bond donors (Lipinski definition) is 0. The van der Waals surface area contributed by atoms with Crippen molar-refractivity contribution in [2.75, 3.05) is 28.2 Å². The van der Waals surface area contributed by atoms with E-state index in [0.717, 1.165) is 0 Å². The molecule has 0 heterocycles. The molecule has 1 amide bonds. The fraction of sp³-hybridized carbons (Fsp3) is 0.571. The lowest BCUT2D eigenvalue weighted by Crippen LogP contribution is -2.28. The summed E-state index contributed by atoms with van der Waals surface area (Å²) in [7, 11) is 5.96. The van der Waals surface area contributed by atoms with Gasteiger partial charge in [0.1, 0.15) is 0 Å². The van der Waals surface area contributed by atoms with Crippen LogP contribution in [0.4, 0.5) is 0 Å². The minimum atomic E-state index is -0.531. The zero-order valence-electron chi connectivity index (χ0n) is 8.14. The quantitative estimate of drug-likeness (QED) is 0.334. The summed E-state index contributed by atoms with van der Waals surface area (Å²) in [4.78, 5) is 18.7. The van der Waals surface area contributed by atoms with Gasteiger partial charge in [0, 0.05) is 28.2 Å². The monoisotopic (exact) mass is 182 g/mol. The molecular formula is C7H12N5O. The third-order valence-electron chi connectivity index (χ3n) is 1.25. The normalized spacial score (nSPS) is 13.5. The maximum Gasteiger partial charge on any atom is 0.317 e. The van der Waals surface area contributed by atoms with Crippen LogP contribution in [0.5, 0.6) is 0 Å². The highest BCUT2D eigenvalue weighted by molar-refractivity contribution is 6.66. The van der Waals surface area contributed by atoms with E-state index in [4.69, 9.17) is 0 Å². The highest BCUT2D eigenvalue weighted by Crippen LogP contribution is 1.88. The number of amidine groups is 1. The van der Waals surface area contributed by atoms with E-state index in [1.54, 1.807) is 0 Å². The van der Waals surface area contributed by atoms with E-state index >= 15 is 0 Å². The lowest BCUT2D eigenvalue weighted by atomic mass is 10.3. The number of carbonyl (C=O) groups is 1. The Labute approximate surface area is 76.9 Å². The number of aliphatic imine (C=N–C) groups is 2. The van der Waals surface area contributed by atoms with Gasteiger partial charge in [-0.1, -0.05) is 0 Å². The van der Waals surface area contributed by atoms with Crippen LogP contribution >= 0.6 is 0 Å². The number of amides is 1. The molecule has 0 unspecified atom stereocenters. The van der Waals surface area contributed by atoms with Gasteiger partial charge in [-0.2, -0.15) is 5.11 Å². The molecule has 0 saturated carbocycles.